The maximum absolute atomic E-state index is 12.3. The van der Waals surface area contributed by atoms with Gasteiger partial charge in [-0.05, 0) is 60.0 Å². The van der Waals surface area contributed by atoms with Crippen molar-refractivity contribution < 1.29 is 14.7 Å². The van der Waals surface area contributed by atoms with Crippen molar-refractivity contribution in [2.45, 2.75) is 13.8 Å². The number of fused-ring (bicyclic) bond motifs is 1. The average Bonchev–Trinajstić information content (AvgIpc) is 2.52. The van der Waals surface area contributed by atoms with Crippen molar-refractivity contribution in [1.29, 1.82) is 0 Å². The molecule has 0 unspecified atom stereocenters. The van der Waals surface area contributed by atoms with Crippen LogP contribution in [0.3, 0.4) is 0 Å². The predicted octanol–water partition coefficient (Wildman–Crippen LogP) is 4.12. The smallest absolute Gasteiger partial charge is 0.326 e. The summed E-state index contributed by atoms with van der Waals surface area (Å²) >= 11 is 0. The molecule has 3 amide bonds. The maximum Gasteiger partial charge on any atom is 0.326 e. The first kappa shape index (κ1) is 16.5. The molecule has 0 atom stereocenters. The standard InChI is InChI=1S/C20H18N2O3/c1-12-7-13(2)9-16(8-12)21-20(25)22-19(24)17-10-14-5-3-4-6-15(14)11-18(17)23/h3-11,23H,1-2H3,(H2,21,22,24,25). The van der Waals surface area contributed by atoms with Crippen LogP contribution >= 0.6 is 0 Å². The van der Waals surface area contributed by atoms with E-state index in [1.54, 1.807) is 6.07 Å². The minimum atomic E-state index is -0.662. The van der Waals surface area contributed by atoms with Crippen molar-refractivity contribution in [3.8, 4) is 5.75 Å². The van der Waals surface area contributed by atoms with Crippen LogP contribution in [-0.4, -0.2) is 17.0 Å². The van der Waals surface area contributed by atoms with Crippen LogP contribution in [0.5, 0.6) is 5.75 Å². The number of carbonyl (C=O) groups is 2. The van der Waals surface area contributed by atoms with Crippen LogP contribution in [0, 0.1) is 13.8 Å². The van der Waals surface area contributed by atoms with Crippen LogP contribution in [0.4, 0.5) is 10.5 Å². The van der Waals surface area contributed by atoms with Crippen molar-refractivity contribution in [3.05, 3.63) is 71.3 Å². The number of nitrogens with one attached hydrogen (secondary N) is 2. The molecule has 126 valence electrons. The van der Waals surface area contributed by atoms with Gasteiger partial charge in [0.2, 0.25) is 0 Å². The van der Waals surface area contributed by atoms with Crippen LogP contribution in [0.15, 0.2) is 54.6 Å². The fraction of sp³-hybridized carbons (Fsp3) is 0.100. The Morgan fingerprint density at radius 1 is 0.880 bits per heavy atom. The highest BCUT2D eigenvalue weighted by atomic mass is 16.3. The van der Waals surface area contributed by atoms with E-state index in [-0.39, 0.29) is 11.3 Å². The molecule has 0 aliphatic carbocycles. The number of benzene rings is 3. The molecule has 0 aromatic heterocycles. The highest BCUT2D eigenvalue weighted by molar-refractivity contribution is 6.10. The SMILES string of the molecule is Cc1cc(C)cc(NC(=O)NC(=O)c2cc3ccccc3cc2O)c1. The molecular formula is C20H18N2O3. The number of rotatable bonds is 2. The van der Waals surface area contributed by atoms with E-state index >= 15 is 0 Å². The lowest BCUT2D eigenvalue weighted by atomic mass is 10.1. The van der Waals surface area contributed by atoms with Gasteiger partial charge < -0.3 is 10.4 Å². The minimum Gasteiger partial charge on any atom is -0.507 e. The molecule has 3 rings (SSSR count). The molecule has 25 heavy (non-hydrogen) atoms. The van der Waals surface area contributed by atoms with Gasteiger partial charge in [0, 0.05) is 5.69 Å². The van der Waals surface area contributed by atoms with Crippen molar-refractivity contribution >= 4 is 28.4 Å². The Morgan fingerprint density at radius 3 is 2.12 bits per heavy atom. The second kappa shape index (κ2) is 6.65. The topological polar surface area (TPSA) is 78.4 Å². The van der Waals surface area contributed by atoms with Gasteiger partial charge in [-0.25, -0.2) is 4.79 Å². The molecule has 0 saturated carbocycles. The lowest BCUT2D eigenvalue weighted by Crippen LogP contribution is -2.34. The lowest BCUT2D eigenvalue weighted by Gasteiger charge is -2.10. The monoisotopic (exact) mass is 334 g/mol. The van der Waals surface area contributed by atoms with Gasteiger partial charge in [-0.15, -0.1) is 0 Å². The Kier molecular flexibility index (Phi) is 4.39. The van der Waals surface area contributed by atoms with Gasteiger partial charge >= 0.3 is 6.03 Å². The van der Waals surface area contributed by atoms with E-state index in [0.29, 0.717) is 5.69 Å². The number of phenols is 1. The number of hydrogen-bond donors (Lipinski definition) is 3. The Morgan fingerprint density at radius 2 is 1.48 bits per heavy atom. The van der Waals surface area contributed by atoms with Gasteiger partial charge in [-0.1, -0.05) is 30.3 Å². The molecule has 3 aromatic rings. The summed E-state index contributed by atoms with van der Waals surface area (Å²) in [4.78, 5) is 24.4. The molecule has 0 fully saturated rings. The molecule has 0 spiro atoms. The molecule has 0 aliphatic heterocycles. The number of aromatic hydroxyl groups is 1. The first-order valence-corrected chi connectivity index (χ1v) is 7.85. The number of anilines is 1. The quantitative estimate of drug-likeness (QED) is 0.659. The van der Waals surface area contributed by atoms with Gasteiger partial charge in [-0.2, -0.15) is 0 Å². The molecule has 3 N–H and O–H groups in total. The van der Waals surface area contributed by atoms with Crippen LogP contribution in [0.25, 0.3) is 10.8 Å². The van der Waals surface area contributed by atoms with E-state index in [1.165, 1.54) is 6.07 Å². The fourth-order valence-corrected chi connectivity index (χ4v) is 2.79. The normalized spacial score (nSPS) is 10.5. The Bertz CT molecular complexity index is 960. The molecule has 0 bridgehead atoms. The fourth-order valence-electron chi connectivity index (χ4n) is 2.79. The van der Waals surface area contributed by atoms with Crippen molar-refractivity contribution in [1.82, 2.24) is 5.32 Å². The van der Waals surface area contributed by atoms with E-state index < -0.39 is 11.9 Å². The summed E-state index contributed by atoms with van der Waals surface area (Å²) in [5.74, 6) is -0.833. The second-order valence-electron chi connectivity index (χ2n) is 6.00. The average molecular weight is 334 g/mol. The van der Waals surface area contributed by atoms with Gasteiger partial charge in [0.05, 0.1) is 5.56 Å². The van der Waals surface area contributed by atoms with Crippen LogP contribution in [-0.2, 0) is 0 Å². The minimum absolute atomic E-state index is 0.0503. The van der Waals surface area contributed by atoms with Gasteiger partial charge in [-0.3, -0.25) is 10.1 Å². The summed E-state index contributed by atoms with van der Waals surface area (Å²) in [6.45, 7) is 3.85. The van der Waals surface area contributed by atoms with Crippen LogP contribution < -0.4 is 10.6 Å². The third kappa shape index (κ3) is 3.77. The number of amides is 3. The highest BCUT2D eigenvalue weighted by Crippen LogP contribution is 2.25. The predicted molar refractivity (Wildman–Crippen MR) is 98.0 cm³/mol. The van der Waals surface area contributed by atoms with Crippen molar-refractivity contribution in [2.24, 2.45) is 0 Å². The number of urea groups is 1. The Labute approximate surface area is 145 Å². The van der Waals surface area contributed by atoms with E-state index in [4.69, 9.17) is 0 Å². The first-order valence-electron chi connectivity index (χ1n) is 7.85. The number of hydrogen-bond acceptors (Lipinski definition) is 3. The maximum atomic E-state index is 12.3. The zero-order valence-corrected chi connectivity index (χ0v) is 14.0. The first-order chi connectivity index (χ1) is 11.9. The van der Waals surface area contributed by atoms with Gasteiger partial charge in [0.25, 0.3) is 5.91 Å². The lowest BCUT2D eigenvalue weighted by molar-refractivity contribution is 0.0964. The third-order valence-electron chi connectivity index (χ3n) is 3.82. The molecule has 5 nitrogen and oxygen atoms in total. The molecule has 0 radical (unpaired) electrons. The van der Waals surface area contributed by atoms with Gasteiger partial charge in [0.1, 0.15) is 5.75 Å². The summed E-state index contributed by atoms with van der Waals surface area (Å²) < 4.78 is 0. The summed E-state index contributed by atoms with van der Waals surface area (Å²) in [5, 5.41) is 16.6. The zero-order valence-electron chi connectivity index (χ0n) is 14.0. The number of imide groups is 1. The highest BCUT2D eigenvalue weighted by Gasteiger charge is 2.15. The van der Waals surface area contributed by atoms with E-state index in [0.717, 1.165) is 21.9 Å². The van der Waals surface area contributed by atoms with E-state index in [1.807, 2.05) is 56.3 Å². The summed E-state index contributed by atoms with van der Waals surface area (Å²) in [7, 11) is 0. The van der Waals surface area contributed by atoms with E-state index in [2.05, 4.69) is 10.6 Å². The summed E-state index contributed by atoms with van der Waals surface area (Å²) in [6.07, 6.45) is 0. The molecule has 0 saturated heterocycles. The van der Waals surface area contributed by atoms with Crippen LogP contribution in [0.1, 0.15) is 21.5 Å². The molecule has 0 heterocycles. The van der Waals surface area contributed by atoms with Gasteiger partial charge in [0.15, 0.2) is 0 Å². The number of carbonyl (C=O) groups excluding carboxylic acids is 2. The number of aryl methyl sites for hydroxylation is 2. The summed E-state index contributed by atoms with van der Waals surface area (Å²) in [6, 6.07) is 15.4. The second-order valence-corrected chi connectivity index (χ2v) is 6.00. The third-order valence-corrected chi connectivity index (χ3v) is 3.82. The van der Waals surface area contributed by atoms with Crippen molar-refractivity contribution in [3.63, 3.8) is 0 Å². The Hall–Kier alpha value is -3.34. The summed E-state index contributed by atoms with van der Waals surface area (Å²) in [5.41, 5.74) is 2.67. The molecule has 3 aromatic carbocycles. The Balaban J connectivity index is 1.77. The zero-order chi connectivity index (χ0) is 18.0. The molecular weight excluding hydrogens is 316 g/mol. The largest absolute Gasteiger partial charge is 0.507 e. The number of phenolic OH excluding ortho intramolecular Hbond substituents is 1. The van der Waals surface area contributed by atoms with Crippen LogP contribution in [0.2, 0.25) is 0 Å². The molecule has 5 heteroatoms. The molecule has 0 aliphatic rings. The van der Waals surface area contributed by atoms with E-state index in [9.17, 15) is 14.7 Å². The van der Waals surface area contributed by atoms with Crippen molar-refractivity contribution in [2.75, 3.05) is 5.32 Å².